The minimum absolute atomic E-state index is 0.201. The van der Waals surface area contributed by atoms with Crippen molar-refractivity contribution in [1.29, 1.82) is 0 Å². The summed E-state index contributed by atoms with van der Waals surface area (Å²) in [5, 5.41) is 30.8. The van der Waals surface area contributed by atoms with Crippen molar-refractivity contribution in [3.8, 4) is 0 Å². The Balaban J connectivity index is 2.43. The van der Waals surface area contributed by atoms with E-state index < -0.39 is 37.1 Å². The van der Waals surface area contributed by atoms with Gasteiger partial charge in [-0.2, -0.15) is 0 Å². The van der Waals surface area contributed by atoms with Crippen LogP contribution < -0.4 is 5.32 Å². The summed E-state index contributed by atoms with van der Waals surface area (Å²) in [5.41, 5.74) is -1.32. The maximum Gasteiger partial charge on any atom is 0.252 e. The van der Waals surface area contributed by atoms with E-state index in [0.29, 0.717) is 10.8 Å². The third-order valence-corrected chi connectivity index (χ3v) is 3.40. The molecule has 0 aliphatic carbocycles. The topological polar surface area (TPSA) is 89.8 Å². The number of amides is 1. The normalized spacial score (nSPS) is 11.6. The van der Waals surface area contributed by atoms with Crippen molar-refractivity contribution < 1.29 is 24.5 Å². The summed E-state index contributed by atoms with van der Waals surface area (Å²) >= 11 is 0. The minimum Gasteiger partial charge on any atom is -0.394 e. The second-order valence-corrected chi connectivity index (χ2v) is 4.85. The third kappa shape index (κ3) is 2.87. The number of rotatable bonds is 5. The van der Waals surface area contributed by atoms with Gasteiger partial charge in [0.2, 0.25) is 0 Å². The largest absolute Gasteiger partial charge is 0.394 e. The van der Waals surface area contributed by atoms with Crippen LogP contribution in [0.1, 0.15) is 10.4 Å². The molecule has 2 aromatic carbocycles. The van der Waals surface area contributed by atoms with E-state index in [-0.39, 0.29) is 5.56 Å². The van der Waals surface area contributed by atoms with Crippen LogP contribution in [0.15, 0.2) is 36.4 Å². The molecule has 0 spiro atoms. The van der Waals surface area contributed by atoms with Crippen LogP contribution in [-0.2, 0) is 0 Å². The molecule has 0 unspecified atom stereocenters. The number of carbonyl (C=O) groups excluding carboxylic acids is 1. The fraction of sp³-hybridized carbons (Fsp3) is 0.267. The zero-order valence-corrected chi connectivity index (χ0v) is 11.2. The average Bonchev–Trinajstić information content (AvgIpc) is 2.53. The zero-order valence-electron chi connectivity index (χ0n) is 11.2. The van der Waals surface area contributed by atoms with E-state index in [1.807, 2.05) is 0 Å². The summed E-state index contributed by atoms with van der Waals surface area (Å²) in [4.78, 5) is 12.3. The van der Waals surface area contributed by atoms with E-state index >= 15 is 0 Å². The molecule has 21 heavy (non-hydrogen) atoms. The molecule has 1 amide bonds. The summed E-state index contributed by atoms with van der Waals surface area (Å²) in [6, 6.07) is 8.99. The van der Waals surface area contributed by atoms with Crippen LogP contribution in [0, 0.1) is 5.82 Å². The molecule has 2 aromatic rings. The molecule has 0 saturated heterocycles. The molecule has 0 radical (unpaired) electrons. The van der Waals surface area contributed by atoms with Crippen molar-refractivity contribution in [2.24, 2.45) is 0 Å². The predicted molar refractivity (Wildman–Crippen MR) is 75.4 cm³/mol. The van der Waals surface area contributed by atoms with Gasteiger partial charge in [-0.1, -0.05) is 24.3 Å². The van der Waals surface area contributed by atoms with Gasteiger partial charge in [-0.15, -0.1) is 0 Å². The minimum atomic E-state index is -1.52. The second kappa shape index (κ2) is 6.17. The fourth-order valence-electron chi connectivity index (χ4n) is 2.04. The van der Waals surface area contributed by atoms with E-state index in [4.69, 9.17) is 0 Å². The molecule has 0 bridgehead atoms. The fourth-order valence-corrected chi connectivity index (χ4v) is 2.04. The molecule has 2 rings (SSSR count). The van der Waals surface area contributed by atoms with Gasteiger partial charge in [-0.3, -0.25) is 4.79 Å². The van der Waals surface area contributed by atoms with E-state index in [2.05, 4.69) is 5.32 Å². The van der Waals surface area contributed by atoms with Crippen LogP contribution in [0.25, 0.3) is 10.8 Å². The summed E-state index contributed by atoms with van der Waals surface area (Å²) in [7, 11) is 0. The molecular formula is C15H16FNO4. The summed E-state index contributed by atoms with van der Waals surface area (Å²) < 4.78 is 13.7. The Labute approximate surface area is 120 Å². The van der Waals surface area contributed by atoms with Crippen LogP contribution >= 0.6 is 0 Å². The summed E-state index contributed by atoms with van der Waals surface area (Å²) in [6.07, 6.45) is 0. The van der Waals surface area contributed by atoms with Gasteiger partial charge in [0.05, 0.1) is 19.8 Å². The summed E-state index contributed by atoms with van der Waals surface area (Å²) in [5.74, 6) is -1.05. The number of halogens is 1. The molecule has 0 fully saturated rings. The Morgan fingerprint density at radius 3 is 2.14 bits per heavy atom. The lowest BCUT2D eigenvalue weighted by molar-refractivity contribution is 0.0376. The van der Waals surface area contributed by atoms with Crippen molar-refractivity contribution in [2.75, 3.05) is 19.8 Å². The number of nitrogens with one attached hydrogen (secondary N) is 1. The first-order chi connectivity index (χ1) is 10.1. The number of fused-ring (bicyclic) bond motifs is 1. The number of benzene rings is 2. The van der Waals surface area contributed by atoms with Gasteiger partial charge in [-0.25, -0.2) is 4.39 Å². The summed E-state index contributed by atoms with van der Waals surface area (Å²) in [6.45, 7) is -1.86. The van der Waals surface area contributed by atoms with Gasteiger partial charge in [0.25, 0.3) is 5.91 Å². The number of aliphatic hydroxyl groups excluding tert-OH is 3. The molecule has 0 atom stereocenters. The third-order valence-electron chi connectivity index (χ3n) is 3.40. The molecule has 4 N–H and O–H groups in total. The Kier molecular flexibility index (Phi) is 4.52. The van der Waals surface area contributed by atoms with Gasteiger partial charge < -0.3 is 20.6 Å². The molecule has 0 aliphatic heterocycles. The molecule has 112 valence electrons. The van der Waals surface area contributed by atoms with Crippen molar-refractivity contribution in [3.63, 3.8) is 0 Å². The average molecular weight is 293 g/mol. The molecular weight excluding hydrogens is 277 g/mol. The van der Waals surface area contributed by atoms with Crippen LogP contribution in [0.3, 0.4) is 0 Å². The van der Waals surface area contributed by atoms with Crippen LogP contribution in [0.5, 0.6) is 0 Å². The maximum absolute atomic E-state index is 13.7. The Hall–Kier alpha value is -2.02. The van der Waals surface area contributed by atoms with Gasteiger partial charge in [-0.05, 0) is 17.5 Å². The van der Waals surface area contributed by atoms with E-state index in [9.17, 15) is 24.5 Å². The Morgan fingerprint density at radius 1 is 1.00 bits per heavy atom. The molecule has 0 saturated carbocycles. The molecule has 5 nitrogen and oxygen atoms in total. The first-order valence-corrected chi connectivity index (χ1v) is 6.39. The van der Waals surface area contributed by atoms with Crippen LogP contribution in [0.2, 0.25) is 0 Å². The highest BCUT2D eigenvalue weighted by Gasteiger charge is 2.30. The maximum atomic E-state index is 13.7. The van der Waals surface area contributed by atoms with Crippen molar-refractivity contribution in [3.05, 3.63) is 47.8 Å². The monoisotopic (exact) mass is 293 g/mol. The Morgan fingerprint density at radius 2 is 1.57 bits per heavy atom. The van der Waals surface area contributed by atoms with Crippen molar-refractivity contribution in [1.82, 2.24) is 5.32 Å². The standard InChI is InChI=1S/C15H16FNO4/c16-13-6-5-12(10-3-1-2-4-11(10)13)14(21)17-15(7-18,8-19)9-20/h1-6,18-20H,7-9H2,(H,17,21). The number of aliphatic hydroxyl groups is 3. The van der Waals surface area contributed by atoms with E-state index in [1.54, 1.807) is 24.3 Å². The molecule has 6 heteroatoms. The number of hydrogen-bond donors (Lipinski definition) is 4. The zero-order chi connectivity index (χ0) is 15.5. The smallest absolute Gasteiger partial charge is 0.252 e. The first-order valence-electron chi connectivity index (χ1n) is 6.39. The molecule has 0 aliphatic rings. The van der Waals surface area contributed by atoms with E-state index in [0.717, 1.165) is 0 Å². The SMILES string of the molecule is O=C(NC(CO)(CO)CO)c1ccc(F)c2ccccc12. The highest BCUT2D eigenvalue weighted by molar-refractivity contribution is 6.07. The van der Waals surface area contributed by atoms with Crippen molar-refractivity contribution >= 4 is 16.7 Å². The van der Waals surface area contributed by atoms with Gasteiger partial charge in [0.15, 0.2) is 0 Å². The van der Waals surface area contributed by atoms with Crippen molar-refractivity contribution in [2.45, 2.75) is 5.54 Å². The van der Waals surface area contributed by atoms with Gasteiger partial charge in [0, 0.05) is 10.9 Å². The number of carbonyl (C=O) groups is 1. The lowest BCUT2D eigenvalue weighted by Crippen LogP contribution is -2.57. The predicted octanol–water partition coefficient (Wildman–Crippen LogP) is 0.424. The Bertz CT molecular complexity index is 647. The molecule has 0 aromatic heterocycles. The van der Waals surface area contributed by atoms with E-state index in [1.165, 1.54) is 12.1 Å². The van der Waals surface area contributed by atoms with Crippen LogP contribution in [-0.4, -0.2) is 46.6 Å². The van der Waals surface area contributed by atoms with Crippen LogP contribution in [0.4, 0.5) is 4.39 Å². The van der Waals surface area contributed by atoms with Gasteiger partial charge >= 0.3 is 0 Å². The van der Waals surface area contributed by atoms with Gasteiger partial charge in [0.1, 0.15) is 11.4 Å². The first kappa shape index (κ1) is 15.4. The highest BCUT2D eigenvalue weighted by Crippen LogP contribution is 2.22. The quantitative estimate of drug-likeness (QED) is 0.643. The highest BCUT2D eigenvalue weighted by atomic mass is 19.1. The second-order valence-electron chi connectivity index (χ2n) is 4.85. The lowest BCUT2D eigenvalue weighted by Gasteiger charge is -2.28. The number of hydrogen-bond acceptors (Lipinski definition) is 4. The molecule has 0 heterocycles. The lowest BCUT2D eigenvalue weighted by atomic mass is 10.00.